The Kier molecular flexibility index (Phi) is 4.16. The van der Waals surface area contributed by atoms with Crippen molar-refractivity contribution in [3.63, 3.8) is 0 Å². The Hall–Kier alpha value is -0.830. The lowest BCUT2D eigenvalue weighted by Crippen LogP contribution is -2.39. The third kappa shape index (κ3) is 2.65. The zero-order valence-electron chi connectivity index (χ0n) is 13.1. The maximum absolute atomic E-state index is 4.50. The van der Waals surface area contributed by atoms with Gasteiger partial charge in [0.25, 0.3) is 0 Å². The molecular weight excluding hydrogens is 246 g/mol. The fraction of sp³-hybridized carbons (Fsp3) is 0.824. The molecule has 3 nitrogen and oxygen atoms in total. The number of nitrogens with one attached hydrogen (secondary N) is 1. The Labute approximate surface area is 123 Å². The fourth-order valence-corrected chi connectivity index (χ4v) is 4.18. The average molecular weight is 275 g/mol. The second kappa shape index (κ2) is 5.88. The molecule has 2 aliphatic rings. The van der Waals surface area contributed by atoms with Crippen molar-refractivity contribution in [1.29, 1.82) is 0 Å². The fourth-order valence-electron chi connectivity index (χ4n) is 4.18. The van der Waals surface area contributed by atoms with Crippen molar-refractivity contribution >= 4 is 0 Å². The van der Waals surface area contributed by atoms with Gasteiger partial charge in [-0.1, -0.05) is 26.2 Å². The minimum atomic E-state index is 0.310. The van der Waals surface area contributed by atoms with E-state index >= 15 is 0 Å². The molecule has 112 valence electrons. The monoisotopic (exact) mass is 275 g/mol. The molecule has 20 heavy (non-hydrogen) atoms. The molecule has 0 amide bonds. The molecule has 1 aromatic heterocycles. The molecular formula is C17H29N3. The SMILES string of the molecule is CC(C1CCCCC1)n1cncc1C1(C)CCNCC1. The third-order valence-corrected chi connectivity index (χ3v) is 5.76. The van der Waals surface area contributed by atoms with E-state index in [2.05, 4.69) is 41.2 Å². The maximum Gasteiger partial charge on any atom is 0.0950 e. The summed E-state index contributed by atoms with van der Waals surface area (Å²) >= 11 is 0. The Bertz CT molecular complexity index is 425. The van der Waals surface area contributed by atoms with E-state index in [1.54, 1.807) is 0 Å². The van der Waals surface area contributed by atoms with Gasteiger partial charge in [0.05, 0.1) is 6.33 Å². The highest BCUT2D eigenvalue weighted by Gasteiger charge is 2.33. The summed E-state index contributed by atoms with van der Waals surface area (Å²) in [6.45, 7) is 7.11. The minimum absolute atomic E-state index is 0.310. The number of hydrogen-bond donors (Lipinski definition) is 1. The number of hydrogen-bond acceptors (Lipinski definition) is 2. The lowest BCUT2D eigenvalue weighted by Gasteiger charge is -2.37. The van der Waals surface area contributed by atoms with E-state index in [0.29, 0.717) is 11.5 Å². The van der Waals surface area contributed by atoms with Crippen LogP contribution in [0.1, 0.15) is 70.5 Å². The van der Waals surface area contributed by atoms with Gasteiger partial charge in [-0.2, -0.15) is 0 Å². The maximum atomic E-state index is 4.50. The van der Waals surface area contributed by atoms with Gasteiger partial charge >= 0.3 is 0 Å². The number of aromatic nitrogens is 2. The van der Waals surface area contributed by atoms with E-state index in [-0.39, 0.29) is 0 Å². The van der Waals surface area contributed by atoms with E-state index in [1.807, 2.05) is 0 Å². The topological polar surface area (TPSA) is 29.9 Å². The number of nitrogens with zero attached hydrogens (tertiary/aromatic N) is 2. The van der Waals surface area contributed by atoms with E-state index in [4.69, 9.17) is 0 Å². The van der Waals surface area contributed by atoms with Crippen molar-refractivity contribution in [1.82, 2.24) is 14.9 Å². The predicted molar refractivity (Wildman–Crippen MR) is 83.0 cm³/mol. The van der Waals surface area contributed by atoms with E-state index in [0.717, 1.165) is 19.0 Å². The van der Waals surface area contributed by atoms with Crippen LogP contribution in [0.5, 0.6) is 0 Å². The molecule has 0 bridgehead atoms. The first-order chi connectivity index (χ1) is 9.71. The largest absolute Gasteiger partial charge is 0.331 e. The molecule has 2 fully saturated rings. The van der Waals surface area contributed by atoms with Crippen LogP contribution in [0.15, 0.2) is 12.5 Å². The zero-order valence-corrected chi connectivity index (χ0v) is 13.1. The molecule has 3 heteroatoms. The summed E-state index contributed by atoms with van der Waals surface area (Å²) in [5.41, 5.74) is 1.78. The van der Waals surface area contributed by atoms with Crippen LogP contribution in [0.3, 0.4) is 0 Å². The van der Waals surface area contributed by atoms with Gasteiger partial charge in [-0.15, -0.1) is 0 Å². The van der Waals surface area contributed by atoms with E-state index in [9.17, 15) is 0 Å². The zero-order chi connectivity index (χ0) is 14.0. The average Bonchev–Trinajstić information content (AvgIpc) is 2.98. The van der Waals surface area contributed by atoms with Gasteiger partial charge in [-0.25, -0.2) is 4.98 Å². The Balaban J connectivity index is 1.81. The van der Waals surface area contributed by atoms with Crippen molar-refractivity contribution in [2.75, 3.05) is 13.1 Å². The van der Waals surface area contributed by atoms with Crippen LogP contribution in [-0.2, 0) is 5.41 Å². The van der Waals surface area contributed by atoms with Gasteiger partial charge in [0.1, 0.15) is 0 Å². The summed E-state index contributed by atoms with van der Waals surface area (Å²) in [5, 5.41) is 3.48. The first kappa shape index (κ1) is 14.1. The van der Waals surface area contributed by atoms with E-state index in [1.165, 1.54) is 50.6 Å². The van der Waals surface area contributed by atoms with Crippen LogP contribution in [0.2, 0.25) is 0 Å². The Morgan fingerprint density at radius 3 is 2.65 bits per heavy atom. The second-order valence-corrected chi connectivity index (χ2v) is 7.14. The molecule has 3 rings (SSSR count). The summed E-state index contributed by atoms with van der Waals surface area (Å²) < 4.78 is 2.50. The summed E-state index contributed by atoms with van der Waals surface area (Å²) in [5.74, 6) is 0.849. The van der Waals surface area contributed by atoms with Gasteiger partial charge < -0.3 is 9.88 Å². The molecule has 1 saturated heterocycles. The molecule has 1 atom stereocenters. The first-order valence-corrected chi connectivity index (χ1v) is 8.44. The highest BCUT2D eigenvalue weighted by molar-refractivity contribution is 5.16. The lowest BCUT2D eigenvalue weighted by molar-refractivity contribution is 0.242. The van der Waals surface area contributed by atoms with Gasteiger partial charge in [-0.3, -0.25) is 0 Å². The molecule has 1 unspecified atom stereocenters. The molecule has 2 heterocycles. The third-order valence-electron chi connectivity index (χ3n) is 5.76. The van der Waals surface area contributed by atoms with Crippen LogP contribution in [0.4, 0.5) is 0 Å². The van der Waals surface area contributed by atoms with Crippen LogP contribution >= 0.6 is 0 Å². The van der Waals surface area contributed by atoms with Gasteiger partial charge in [-0.05, 0) is 51.6 Å². The van der Waals surface area contributed by atoms with E-state index < -0.39 is 0 Å². The molecule has 0 spiro atoms. The minimum Gasteiger partial charge on any atom is -0.331 e. The molecule has 0 radical (unpaired) electrons. The number of rotatable bonds is 3. The van der Waals surface area contributed by atoms with Crippen molar-refractivity contribution < 1.29 is 0 Å². The molecule has 1 N–H and O–H groups in total. The highest BCUT2D eigenvalue weighted by atomic mass is 15.1. The molecule has 1 aliphatic carbocycles. The quantitative estimate of drug-likeness (QED) is 0.912. The normalized spacial score (nSPS) is 25.5. The predicted octanol–water partition coefficient (Wildman–Crippen LogP) is 3.67. The molecule has 0 aromatic carbocycles. The summed E-state index contributed by atoms with van der Waals surface area (Å²) in [7, 11) is 0. The van der Waals surface area contributed by atoms with Crippen molar-refractivity contribution in [2.24, 2.45) is 5.92 Å². The summed E-state index contributed by atoms with van der Waals surface area (Å²) in [6, 6.07) is 0.611. The van der Waals surface area contributed by atoms with Crippen LogP contribution in [-0.4, -0.2) is 22.6 Å². The smallest absolute Gasteiger partial charge is 0.0950 e. The van der Waals surface area contributed by atoms with Crippen LogP contribution in [0.25, 0.3) is 0 Å². The number of piperidine rings is 1. The van der Waals surface area contributed by atoms with Crippen LogP contribution in [0, 0.1) is 5.92 Å². The summed E-state index contributed by atoms with van der Waals surface area (Å²) in [4.78, 5) is 4.50. The van der Waals surface area contributed by atoms with Gasteiger partial charge in [0.2, 0.25) is 0 Å². The lowest BCUT2D eigenvalue weighted by atomic mass is 9.77. The summed E-state index contributed by atoms with van der Waals surface area (Å²) in [6.07, 6.45) is 13.7. The van der Waals surface area contributed by atoms with Gasteiger partial charge in [0.15, 0.2) is 0 Å². The molecule has 1 saturated carbocycles. The van der Waals surface area contributed by atoms with Crippen molar-refractivity contribution in [3.8, 4) is 0 Å². The molecule has 1 aromatic rings. The Morgan fingerprint density at radius 1 is 1.25 bits per heavy atom. The van der Waals surface area contributed by atoms with Crippen molar-refractivity contribution in [3.05, 3.63) is 18.2 Å². The number of imidazole rings is 1. The standard InChI is InChI=1S/C17H29N3/c1-14(15-6-4-3-5-7-15)20-13-19-12-16(20)17(2)8-10-18-11-9-17/h12-15,18H,3-11H2,1-2H3. The first-order valence-electron chi connectivity index (χ1n) is 8.44. The second-order valence-electron chi connectivity index (χ2n) is 7.14. The highest BCUT2D eigenvalue weighted by Crippen LogP contribution is 2.38. The van der Waals surface area contributed by atoms with Gasteiger partial charge in [0, 0.05) is 23.3 Å². The molecule has 1 aliphatic heterocycles. The Morgan fingerprint density at radius 2 is 1.95 bits per heavy atom. The van der Waals surface area contributed by atoms with Crippen molar-refractivity contribution in [2.45, 2.75) is 70.3 Å². The van der Waals surface area contributed by atoms with Crippen LogP contribution < -0.4 is 5.32 Å².